The molecule has 0 bridgehead atoms. The third kappa shape index (κ3) is 2.44. The van der Waals surface area contributed by atoms with E-state index in [1.165, 1.54) is 18.2 Å². The minimum Gasteiger partial charge on any atom is -1.00 e. The van der Waals surface area contributed by atoms with Crippen LogP contribution in [0.3, 0.4) is 0 Å². The highest BCUT2D eigenvalue weighted by Gasteiger charge is 2.11. The average molecular weight is 238 g/mol. The Morgan fingerprint density at radius 3 is 2.25 bits per heavy atom. The largest absolute Gasteiger partial charge is 1.00 e. The molecule has 1 aromatic heterocycles. The highest BCUT2D eigenvalue weighted by molar-refractivity contribution is 5.44. The molecule has 0 amide bonds. The van der Waals surface area contributed by atoms with Crippen molar-refractivity contribution >= 4 is 0 Å². The molecule has 0 saturated carbocycles. The zero-order chi connectivity index (χ0) is 10.8. The maximum absolute atomic E-state index is 9.63. The topological polar surface area (TPSA) is 44.3 Å². The first-order chi connectivity index (χ1) is 7.16. The van der Waals surface area contributed by atoms with Gasteiger partial charge in [-0.25, -0.2) is 0 Å². The van der Waals surface area contributed by atoms with Crippen molar-refractivity contribution in [3.8, 4) is 17.2 Å². The molecular weight excluding hydrogens is 226 g/mol. The number of benzene rings is 1. The van der Waals surface area contributed by atoms with Crippen LogP contribution in [0.25, 0.3) is 5.69 Å². The second-order valence-corrected chi connectivity index (χ2v) is 3.46. The summed E-state index contributed by atoms with van der Waals surface area (Å²) in [5.41, 5.74) is 1.71. The van der Waals surface area contributed by atoms with Crippen LogP contribution in [0.4, 0.5) is 0 Å². The lowest BCUT2D eigenvalue weighted by Gasteiger charge is -1.99. The second kappa shape index (κ2) is 4.86. The standard InChI is InChI=1S/C12H11NO2.ClH/c1-9-4-6-13(7-5-9)11-8-10(14)2-3-12(11)15;/h2-8H,1H3,(H-,14,15);1H. The SMILES string of the molecule is Cc1cc[n+](-c2cc(O)ccc2O)cc1.[Cl-]. The van der Waals surface area contributed by atoms with E-state index in [2.05, 4.69) is 0 Å². The minimum absolute atomic E-state index is 0. The van der Waals surface area contributed by atoms with Crippen LogP contribution in [0.1, 0.15) is 5.56 Å². The van der Waals surface area contributed by atoms with Crippen LogP contribution in [0.5, 0.6) is 11.5 Å². The Kier molecular flexibility index (Phi) is 3.74. The van der Waals surface area contributed by atoms with Crippen molar-refractivity contribution in [2.45, 2.75) is 6.92 Å². The number of halogens is 1. The van der Waals surface area contributed by atoms with E-state index >= 15 is 0 Å². The Bertz CT molecular complexity index is 483. The van der Waals surface area contributed by atoms with Crippen LogP contribution in [0, 0.1) is 6.92 Å². The van der Waals surface area contributed by atoms with Gasteiger partial charge in [-0.15, -0.1) is 0 Å². The van der Waals surface area contributed by atoms with Crippen molar-refractivity contribution in [2.24, 2.45) is 0 Å². The van der Waals surface area contributed by atoms with E-state index in [9.17, 15) is 10.2 Å². The van der Waals surface area contributed by atoms with E-state index in [1.54, 1.807) is 4.57 Å². The fourth-order valence-electron chi connectivity index (χ4n) is 1.38. The summed E-state index contributed by atoms with van der Waals surface area (Å²) in [6.45, 7) is 1.99. The Morgan fingerprint density at radius 1 is 1.00 bits per heavy atom. The maximum atomic E-state index is 9.63. The summed E-state index contributed by atoms with van der Waals surface area (Å²) in [6.07, 6.45) is 3.67. The van der Waals surface area contributed by atoms with E-state index < -0.39 is 0 Å². The molecule has 0 radical (unpaired) electrons. The van der Waals surface area contributed by atoms with Gasteiger partial charge in [-0.2, -0.15) is 4.57 Å². The number of hydrogen-bond donors (Lipinski definition) is 2. The molecule has 1 aromatic carbocycles. The van der Waals surface area contributed by atoms with E-state index in [0.717, 1.165) is 5.56 Å². The zero-order valence-electron chi connectivity index (χ0n) is 8.76. The molecule has 1 heterocycles. The minimum atomic E-state index is 0. The van der Waals surface area contributed by atoms with Gasteiger partial charge in [0.15, 0.2) is 18.1 Å². The Balaban J connectivity index is 0.00000128. The number of phenolic OH excluding ortho intramolecular Hbond substituents is 2. The van der Waals surface area contributed by atoms with Crippen LogP contribution in [0.2, 0.25) is 0 Å². The van der Waals surface area contributed by atoms with E-state index in [4.69, 9.17) is 0 Å². The molecule has 0 aliphatic heterocycles. The quantitative estimate of drug-likeness (QED) is 0.478. The first-order valence-electron chi connectivity index (χ1n) is 4.67. The molecule has 0 fully saturated rings. The molecule has 4 heteroatoms. The van der Waals surface area contributed by atoms with Crippen molar-refractivity contribution in [1.29, 1.82) is 0 Å². The van der Waals surface area contributed by atoms with Gasteiger partial charge in [-0.1, -0.05) is 0 Å². The molecule has 0 spiro atoms. The van der Waals surface area contributed by atoms with Crippen LogP contribution in [-0.4, -0.2) is 10.2 Å². The highest BCUT2D eigenvalue weighted by Crippen LogP contribution is 2.21. The summed E-state index contributed by atoms with van der Waals surface area (Å²) >= 11 is 0. The van der Waals surface area contributed by atoms with Gasteiger partial charge in [-0.3, -0.25) is 0 Å². The molecule has 84 valence electrons. The lowest BCUT2D eigenvalue weighted by Crippen LogP contribution is -3.00. The molecule has 2 rings (SSSR count). The number of phenols is 2. The van der Waals surface area contributed by atoms with Gasteiger partial charge in [0, 0.05) is 12.1 Å². The molecule has 16 heavy (non-hydrogen) atoms. The van der Waals surface area contributed by atoms with Crippen molar-refractivity contribution < 1.29 is 27.2 Å². The predicted molar refractivity (Wildman–Crippen MR) is 56.0 cm³/mol. The molecule has 2 aromatic rings. The fourth-order valence-corrected chi connectivity index (χ4v) is 1.38. The summed E-state index contributed by atoms with van der Waals surface area (Å²) in [5.74, 6) is 0.275. The number of rotatable bonds is 1. The highest BCUT2D eigenvalue weighted by atomic mass is 35.5. The van der Waals surface area contributed by atoms with Gasteiger partial charge >= 0.3 is 0 Å². The number of nitrogens with zero attached hydrogens (tertiary/aromatic N) is 1. The zero-order valence-corrected chi connectivity index (χ0v) is 9.52. The van der Waals surface area contributed by atoms with Crippen LogP contribution < -0.4 is 17.0 Å². The number of hydrogen-bond acceptors (Lipinski definition) is 2. The van der Waals surface area contributed by atoms with Gasteiger partial charge in [0.1, 0.15) is 5.75 Å². The molecule has 2 N–H and O–H groups in total. The van der Waals surface area contributed by atoms with Crippen molar-refractivity contribution in [2.75, 3.05) is 0 Å². The summed E-state index contributed by atoms with van der Waals surface area (Å²) in [7, 11) is 0. The third-order valence-electron chi connectivity index (χ3n) is 2.23. The normalized spacial score (nSPS) is 9.56. The smallest absolute Gasteiger partial charge is 0.256 e. The first kappa shape index (κ1) is 12.3. The van der Waals surface area contributed by atoms with E-state index in [1.807, 2.05) is 31.5 Å². The van der Waals surface area contributed by atoms with Gasteiger partial charge in [0.25, 0.3) is 5.69 Å². The van der Waals surface area contributed by atoms with Crippen LogP contribution >= 0.6 is 0 Å². The molecule has 0 atom stereocenters. The average Bonchev–Trinajstić information content (AvgIpc) is 2.23. The monoisotopic (exact) mass is 237 g/mol. The first-order valence-corrected chi connectivity index (χ1v) is 4.67. The molecule has 0 saturated heterocycles. The molecule has 3 nitrogen and oxygen atoms in total. The predicted octanol–water partition coefficient (Wildman–Crippen LogP) is -1.31. The Morgan fingerprint density at radius 2 is 1.62 bits per heavy atom. The van der Waals surface area contributed by atoms with Gasteiger partial charge in [0.05, 0.1) is 6.07 Å². The summed E-state index contributed by atoms with van der Waals surface area (Å²) < 4.78 is 1.75. The third-order valence-corrected chi connectivity index (χ3v) is 2.23. The Hall–Kier alpha value is -1.74. The van der Waals surface area contributed by atoms with E-state index in [-0.39, 0.29) is 23.9 Å². The van der Waals surface area contributed by atoms with Crippen LogP contribution in [-0.2, 0) is 0 Å². The molecule has 0 aliphatic rings. The summed E-state index contributed by atoms with van der Waals surface area (Å²) in [6, 6.07) is 8.31. The number of aryl methyl sites for hydroxylation is 1. The summed E-state index contributed by atoms with van der Waals surface area (Å²) in [4.78, 5) is 0. The van der Waals surface area contributed by atoms with Crippen LogP contribution in [0.15, 0.2) is 42.7 Å². The van der Waals surface area contributed by atoms with E-state index in [0.29, 0.717) is 5.69 Å². The number of aromatic nitrogens is 1. The maximum Gasteiger partial charge on any atom is 0.256 e. The number of aromatic hydroxyl groups is 2. The molecular formula is C12H12ClNO2. The lowest BCUT2D eigenvalue weighted by atomic mass is 10.2. The van der Waals surface area contributed by atoms with Gasteiger partial charge in [0.2, 0.25) is 0 Å². The fraction of sp³-hybridized carbons (Fsp3) is 0.0833. The van der Waals surface area contributed by atoms with Crippen molar-refractivity contribution in [3.05, 3.63) is 48.3 Å². The molecule has 0 aliphatic carbocycles. The van der Waals surface area contributed by atoms with Crippen molar-refractivity contribution in [1.82, 2.24) is 0 Å². The molecule has 0 unspecified atom stereocenters. The summed E-state index contributed by atoms with van der Waals surface area (Å²) in [5, 5.41) is 19.0. The van der Waals surface area contributed by atoms with Gasteiger partial charge < -0.3 is 22.6 Å². The van der Waals surface area contributed by atoms with Gasteiger partial charge in [-0.05, 0) is 24.6 Å². The lowest BCUT2D eigenvalue weighted by molar-refractivity contribution is -0.596. The second-order valence-electron chi connectivity index (χ2n) is 3.46. The number of pyridine rings is 1. The Labute approximate surface area is 100 Å². The van der Waals surface area contributed by atoms with Crippen molar-refractivity contribution in [3.63, 3.8) is 0 Å².